The molecule has 1 fully saturated rings. The van der Waals surface area contributed by atoms with Gasteiger partial charge in [0, 0.05) is 34.9 Å². The quantitative estimate of drug-likeness (QED) is 0.728. The Morgan fingerprint density at radius 3 is 2.43 bits per heavy atom. The van der Waals surface area contributed by atoms with Gasteiger partial charge in [0.05, 0.1) is 5.92 Å². The number of para-hydroxylation sites is 1. The zero-order chi connectivity index (χ0) is 19.8. The Hall–Kier alpha value is -2.33. The SMILES string of the molecule is CCN(C(=O)[C@H]1C[C@H](C)N(C(=O)C2CC2)c2ccccc21)c1ccc(Cl)cc1. The highest BCUT2D eigenvalue weighted by Gasteiger charge is 2.42. The molecule has 28 heavy (non-hydrogen) atoms. The molecule has 0 N–H and O–H groups in total. The first-order chi connectivity index (χ1) is 13.5. The summed E-state index contributed by atoms with van der Waals surface area (Å²) in [6.07, 6.45) is 2.60. The number of carbonyl (C=O) groups is 2. The van der Waals surface area contributed by atoms with E-state index in [0.717, 1.165) is 29.8 Å². The molecule has 4 nitrogen and oxygen atoms in total. The highest BCUT2D eigenvalue weighted by atomic mass is 35.5. The van der Waals surface area contributed by atoms with E-state index < -0.39 is 0 Å². The second-order valence-electron chi connectivity index (χ2n) is 7.74. The largest absolute Gasteiger partial charge is 0.312 e. The van der Waals surface area contributed by atoms with Crippen LogP contribution >= 0.6 is 11.6 Å². The van der Waals surface area contributed by atoms with Crippen LogP contribution in [-0.2, 0) is 9.59 Å². The number of halogens is 1. The minimum Gasteiger partial charge on any atom is -0.312 e. The maximum atomic E-state index is 13.5. The lowest BCUT2D eigenvalue weighted by Crippen LogP contribution is -2.47. The molecule has 2 aromatic carbocycles. The van der Waals surface area contributed by atoms with E-state index in [1.165, 1.54) is 0 Å². The van der Waals surface area contributed by atoms with Crippen LogP contribution in [0.5, 0.6) is 0 Å². The lowest BCUT2D eigenvalue weighted by atomic mass is 9.84. The molecule has 1 saturated carbocycles. The van der Waals surface area contributed by atoms with Gasteiger partial charge >= 0.3 is 0 Å². The van der Waals surface area contributed by atoms with Crippen molar-refractivity contribution in [2.45, 2.75) is 45.1 Å². The lowest BCUT2D eigenvalue weighted by molar-refractivity contribution is -0.122. The molecule has 0 aromatic heterocycles. The lowest BCUT2D eigenvalue weighted by Gasteiger charge is -2.40. The van der Waals surface area contributed by atoms with Gasteiger partial charge in [-0.05, 0) is 69.0 Å². The maximum absolute atomic E-state index is 13.5. The van der Waals surface area contributed by atoms with Crippen LogP contribution in [0.2, 0.25) is 5.02 Å². The van der Waals surface area contributed by atoms with E-state index in [9.17, 15) is 9.59 Å². The van der Waals surface area contributed by atoms with Gasteiger partial charge < -0.3 is 9.80 Å². The summed E-state index contributed by atoms with van der Waals surface area (Å²) in [5.74, 6) is 0.174. The number of amides is 2. The summed E-state index contributed by atoms with van der Waals surface area (Å²) in [6.45, 7) is 4.61. The van der Waals surface area contributed by atoms with E-state index in [-0.39, 0.29) is 29.7 Å². The smallest absolute Gasteiger partial charge is 0.234 e. The van der Waals surface area contributed by atoms with Gasteiger partial charge in [-0.1, -0.05) is 29.8 Å². The zero-order valence-electron chi connectivity index (χ0n) is 16.3. The number of rotatable bonds is 4. The van der Waals surface area contributed by atoms with Crippen molar-refractivity contribution in [3.8, 4) is 0 Å². The van der Waals surface area contributed by atoms with Crippen molar-refractivity contribution in [3.05, 3.63) is 59.1 Å². The minimum atomic E-state index is -0.259. The highest BCUT2D eigenvalue weighted by Crippen LogP contribution is 2.43. The molecule has 0 bridgehead atoms. The first-order valence-corrected chi connectivity index (χ1v) is 10.4. The zero-order valence-corrected chi connectivity index (χ0v) is 17.0. The Labute approximate surface area is 171 Å². The summed E-state index contributed by atoms with van der Waals surface area (Å²) in [5, 5.41) is 0.651. The number of benzene rings is 2. The van der Waals surface area contributed by atoms with Crippen molar-refractivity contribution >= 4 is 34.8 Å². The number of anilines is 2. The fourth-order valence-corrected chi connectivity index (χ4v) is 4.31. The summed E-state index contributed by atoms with van der Waals surface area (Å²) in [5.41, 5.74) is 2.69. The number of fused-ring (bicyclic) bond motifs is 1. The summed E-state index contributed by atoms with van der Waals surface area (Å²) in [4.78, 5) is 30.1. The molecular weight excluding hydrogens is 372 g/mol. The van der Waals surface area contributed by atoms with Gasteiger partial charge in [-0.25, -0.2) is 0 Å². The van der Waals surface area contributed by atoms with E-state index in [1.54, 1.807) is 12.1 Å². The van der Waals surface area contributed by atoms with Crippen molar-refractivity contribution in [1.29, 1.82) is 0 Å². The van der Waals surface area contributed by atoms with Gasteiger partial charge in [0.25, 0.3) is 0 Å². The van der Waals surface area contributed by atoms with Crippen molar-refractivity contribution in [1.82, 2.24) is 0 Å². The van der Waals surface area contributed by atoms with E-state index in [0.29, 0.717) is 18.0 Å². The van der Waals surface area contributed by atoms with Crippen LogP contribution in [0.3, 0.4) is 0 Å². The standard InChI is InChI=1S/C23H25ClN2O2/c1-3-25(18-12-10-17(24)11-13-18)23(28)20-14-15(2)26(22(27)16-8-9-16)21-7-5-4-6-19(20)21/h4-7,10-13,15-16,20H,3,8-9,14H2,1-2H3/t15-,20-/m0/s1. The van der Waals surface area contributed by atoms with Gasteiger partial charge in [0.15, 0.2) is 0 Å². The average Bonchev–Trinajstić information content (AvgIpc) is 3.54. The molecule has 2 aliphatic rings. The fraction of sp³-hybridized carbons (Fsp3) is 0.391. The van der Waals surface area contributed by atoms with Crippen LogP contribution < -0.4 is 9.80 Å². The Morgan fingerprint density at radius 2 is 1.79 bits per heavy atom. The monoisotopic (exact) mass is 396 g/mol. The van der Waals surface area contributed by atoms with Gasteiger partial charge in [-0.15, -0.1) is 0 Å². The van der Waals surface area contributed by atoms with Crippen LogP contribution in [0.25, 0.3) is 0 Å². The average molecular weight is 397 g/mol. The topological polar surface area (TPSA) is 40.6 Å². The highest BCUT2D eigenvalue weighted by molar-refractivity contribution is 6.30. The third kappa shape index (κ3) is 3.42. The molecule has 2 aromatic rings. The molecule has 4 rings (SSSR count). The molecule has 0 spiro atoms. The molecule has 5 heteroatoms. The van der Waals surface area contributed by atoms with Crippen LogP contribution in [-0.4, -0.2) is 24.4 Å². The Bertz CT molecular complexity index is 892. The second kappa shape index (κ2) is 7.59. The summed E-state index contributed by atoms with van der Waals surface area (Å²) in [6, 6.07) is 15.2. The molecular formula is C23H25ClN2O2. The molecule has 0 unspecified atom stereocenters. The van der Waals surface area contributed by atoms with Gasteiger partial charge in [-0.3, -0.25) is 9.59 Å². The Morgan fingerprint density at radius 1 is 1.11 bits per heavy atom. The van der Waals surface area contributed by atoms with E-state index >= 15 is 0 Å². The summed E-state index contributed by atoms with van der Waals surface area (Å²) >= 11 is 6.01. The first-order valence-electron chi connectivity index (χ1n) is 10.00. The predicted octanol–water partition coefficient (Wildman–Crippen LogP) is 5.01. The van der Waals surface area contributed by atoms with Crippen molar-refractivity contribution in [3.63, 3.8) is 0 Å². The van der Waals surface area contributed by atoms with Gasteiger partial charge in [0.2, 0.25) is 11.8 Å². The molecule has 1 aliphatic heterocycles. The van der Waals surface area contributed by atoms with Gasteiger partial charge in [0.1, 0.15) is 0 Å². The first kappa shape index (κ1) is 19.0. The van der Waals surface area contributed by atoms with Crippen LogP contribution in [0.1, 0.15) is 44.6 Å². The van der Waals surface area contributed by atoms with Crippen molar-refractivity contribution < 1.29 is 9.59 Å². The number of nitrogens with zero attached hydrogens (tertiary/aromatic N) is 2. The molecule has 2 atom stereocenters. The van der Waals surface area contributed by atoms with Crippen LogP contribution in [0.15, 0.2) is 48.5 Å². The molecule has 0 radical (unpaired) electrons. The maximum Gasteiger partial charge on any atom is 0.234 e. The number of hydrogen-bond donors (Lipinski definition) is 0. The minimum absolute atomic E-state index is 0.000809. The predicted molar refractivity (Wildman–Crippen MR) is 113 cm³/mol. The Balaban J connectivity index is 1.68. The van der Waals surface area contributed by atoms with Crippen molar-refractivity contribution in [2.75, 3.05) is 16.3 Å². The van der Waals surface area contributed by atoms with Gasteiger partial charge in [-0.2, -0.15) is 0 Å². The third-order valence-corrected chi connectivity index (χ3v) is 6.02. The number of carbonyl (C=O) groups excluding carboxylic acids is 2. The third-order valence-electron chi connectivity index (χ3n) is 5.77. The molecule has 146 valence electrons. The summed E-state index contributed by atoms with van der Waals surface area (Å²) < 4.78 is 0. The number of likely N-dealkylation sites (N-methyl/N-ethyl adjacent to an activating group) is 1. The normalized spacial score (nSPS) is 21.2. The van der Waals surface area contributed by atoms with Crippen LogP contribution in [0, 0.1) is 5.92 Å². The van der Waals surface area contributed by atoms with E-state index in [1.807, 2.05) is 53.1 Å². The summed E-state index contributed by atoms with van der Waals surface area (Å²) in [7, 11) is 0. The molecule has 0 saturated heterocycles. The number of hydrogen-bond acceptors (Lipinski definition) is 2. The second-order valence-corrected chi connectivity index (χ2v) is 8.17. The van der Waals surface area contributed by atoms with E-state index in [2.05, 4.69) is 6.92 Å². The van der Waals surface area contributed by atoms with Crippen molar-refractivity contribution in [2.24, 2.45) is 5.92 Å². The molecule has 1 heterocycles. The molecule has 2 amide bonds. The Kier molecular flexibility index (Phi) is 5.15. The molecule has 1 aliphatic carbocycles. The fourth-order valence-electron chi connectivity index (χ4n) is 4.18. The van der Waals surface area contributed by atoms with Crippen LogP contribution in [0.4, 0.5) is 11.4 Å². The van der Waals surface area contributed by atoms with E-state index in [4.69, 9.17) is 11.6 Å².